The Morgan fingerprint density at radius 2 is 2.26 bits per heavy atom. The normalized spacial score (nSPS) is 11.6. The van der Waals surface area contributed by atoms with Gasteiger partial charge in [-0.1, -0.05) is 16.4 Å². The molecule has 98 valence electrons. The molecule has 1 N–H and O–H groups in total. The summed E-state index contributed by atoms with van der Waals surface area (Å²) in [5, 5.41) is 30.3. The number of hydrogen-bond acceptors (Lipinski definition) is 6. The molecule has 1 heterocycles. The van der Waals surface area contributed by atoms with Crippen molar-refractivity contribution >= 4 is 11.4 Å². The molecule has 0 radical (unpaired) electrons. The number of nitrogens with zero attached hydrogens (tertiary/aromatic N) is 5. The van der Waals surface area contributed by atoms with Crippen LogP contribution in [0.15, 0.2) is 29.4 Å². The van der Waals surface area contributed by atoms with Crippen molar-refractivity contribution in [1.29, 1.82) is 0 Å². The summed E-state index contributed by atoms with van der Waals surface area (Å²) in [5.41, 5.74) is 1.90. The molecule has 8 nitrogen and oxygen atoms in total. The van der Waals surface area contributed by atoms with Crippen molar-refractivity contribution in [2.45, 2.75) is 13.8 Å². The second-order valence-electron chi connectivity index (χ2n) is 3.90. The van der Waals surface area contributed by atoms with Crippen LogP contribution in [0.2, 0.25) is 0 Å². The van der Waals surface area contributed by atoms with E-state index in [0.717, 1.165) is 0 Å². The predicted molar refractivity (Wildman–Crippen MR) is 66.7 cm³/mol. The van der Waals surface area contributed by atoms with E-state index in [1.165, 1.54) is 16.8 Å². The van der Waals surface area contributed by atoms with Crippen LogP contribution in [-0.2, 0) is 0 Å². The molecule has 0 amide bonds. The third-order valence-corrected chi connectivity index (χ3v) is 2.67. The summed E-state index contributed by atoms with van der Waals surface area (Å²) in [6.07, 6.45) is 0. The molecule has 0 bridgehead atoms. The first-order chi connectivity index (χ1) is 9.04. The summed E-state index contributed by atoms with van der Waals surface area (Å²) in [6.45, 7) is 3.33. The first-order valence-corrected chi connectivity index (χ1v) is 5.40. The van der Waals surface area contributed by atoms with Crippen molar-refractivity contribution in [2.75, 3.05) is 0 Å². The number of rotatable bonds is 3. The maximum Gasteiger partial charge on any atom is 0.271 e. The second kappa shape index (κ2) is 4.84. The molecule has 0 atom stereocenters. The van der Waals surface area contributed by atoms with Gasteiger partial charge >= 0.3 is 0 Å². The van der Waals surface area contributed by atoms with E-state index < -0.39 is 4.92 Å². The van der Waals surface area contributed by atoms with Crippen LogP contribution in [0.3, 0.4) is 0 Å². The molecule has 0 fully saturated rings. The standard InChI is InChI=1S/C11H11N5O3/c1-7(13-17)11-8(2)15(14-12-11)9-4-3-5-10(6-9)16(18)19/h3-6,17H,1-2H3/b13-7+. The van der Waals surface area contributed by atoms with Crippen molar-refractivity contribution in [3.63, 3.8) is 0 Å². The van der Waals surface area contributed by atoms with Gasteiger partial charge in [0.15, 0.2) is 0 Å². The molecule has 0 aliphatic carbocycles. The van der Waals surface area contributed by atoms with Gasteiger partial charge in [-0.05, 0) is 19.9 Å². The number of non-ortho nitro benzene ring substituents is 1. The molecule has 1 aromatic carbocycles. The molecule has 1 aromatic heterocycles. The third kappa shape index (κ3) is 2.28. The number of aromatic nitrogens is 3. The van der Waals surface area contributed by atoms with Crippen molar-refractivity contribution < 1.29 is 10.1 Å². The lowest BCUT2D eigenvalue weighted by Gasteiger charge is -2.03. The molecule has 19 heavy (non-hydrogen) atoms. The van der Waals surface area contributed by atoms with Crippen LogP contribution in [0.25, 0.3) is 5.69 Å². The van der Waals surface area contributed by atoms with Crippen molar-refractivity contribution in [3.8, 4) is 5.69 Å². The highest BCUT2D eigenvalue weighted by Crippen LogP contribution is 2.18. The van der Waals surface area contributed by atoms with Crippen molar-refractivity contribution in [1.82, 2.24) is 15.0 Å². The Hall–Kier alpha value is -2.77. The van der Waals surface area contributed by atoms with Gasteiger partial charge in [0.2, 0.25) is 0 Å². The van der Waals surface area contributed by atoms with Crippen LogP contribution in [0.4, 0.5) is 5.69 Å². The molecular formula is C11H11N5O3. The van der Waals surface area contributed by atoms with Gasteiger partial charge in [0.25, 0.3) is 5.69 Å². The minimum atomic E-state index is -0.475. The Morgan fingerprint density at radius 3 is 2.89 bits per heavy atom. The monoisotopic (exact) mass is 261 g/mol. The summed E-state index contributed by atoms with van der Waals surface area (Å²) >= 11 is 0. The van der Waals surface area contributed by atoms with E-state index in [4.69, 9.17) is 5.21 Å². The first kappa shape index (κ1) is 12.7. The summed E-state index contributed by atoms with van der Waals surface area (Å²) < 4.78 is 1.46. The van der Waals surface area contributed by atoms with E-state index in [1.54, 1.807) is 26.0 Å². The summed E-state index contributed by atoms with van der Waals surface area (Å²) in [6, 6.07) is 6.05. The number of nitro benzene ring substituents is 1. The Labute approximate surface area is 108 Å². The first-order valence-electron chi connectivity index (χ1n) is 5.40. The average Bonchev–Trinajstić information content (AvgIpc) is 2.80. The van der Waals surface area contributed by atoms with Crippen molar-refractivity contribution in [2.24, 2.45) is 5.16 Å². The quantitative estimate of drug-likeness (QED) is 0.391. The summed E-state index contributed by atoms with van der Waals surface area (Å²) in [4.78, 5) is 10.3. The van der Waals surface area contributed by atoms with Crippen LogP contribution in [-0.4, -0.2) is 30.8 Å². The largest absolute Gasteiger partial charge is 0.411 e. The highest BCUT2D eigenvalue weighted by atomic mass is 16.6. The number of nitro groups is 1. The van der Waals surface area contributed by atoms with Gasteiger partial charge in [0.05, 0.1) is 16.3 Å². The van der Waals surface area contributed by atoms with E-state index >= 15 is 0 Å². The molecule has 0 aliphatic rings. The highest BCUT2D eigenvalue weighted by molar-refractivity contribution is 5.97. The lowest BCUT2D eigenvalue weighted by molar-refractivity contribution is -0.384. The van der Waals surface area contributed by atoms with Gasteiger partial charge in [0.1, 0.15) is 11.4 Å². The lowest BCUT2D eigenvalue weighted by atomic mass is 10.2. The Kier molecular flexibility index (Phi) is 3.23. The predicted octanol–water partition coefficient (Wildman–Crippen LogP) is 1.68. The van der Waals surface area contributed by atoms with Crippen LogP contribution < -0.4 is 0 Å². The maximum atomic E-state index is 10.7. The van der Waals surface area contributed by atoms with E-state index in [1.807, 2.05) is 0 Å². The Morgan fingerprint density at radius 1 is 1.53 bits per heavy atom. The molecule has 8 heteroatoms. The number of oxime groups is 1. The zero-order valence-corrected chi connectivity index (χ0v) is 10.3. The van der Waals surface area contributed by atoms with Gasteiger partial charge in [-0.3, -0.25) is 10.1 Å². The van der Waals surface area contributed by atoms with Gasteiger partial charge in [0, 0.05) is 12.1 Å². The van der Waals surface area contributed by atoms with Crippen molar-refractivity contribution in [3.05, 3.63) is 45.8 Å². The number of benzene rings is 1. The minimum absolute atomic E-state index is 0.0264. The van der Waals surface area contributed by atoms with E-state index in [-0.39, 0.29) is 5.69 Å². The van der Waals surface area contributed by atoms with E-state index in [0.29, 0.717) is 22.8 Å². The molecule has 0 aliphatic heterocycles. The molecule has 2 rings (SSSR count). The zero-order valence-electron chi connectivity index (χ0n) is 10.3. The summed E-state index contributed by atoms with van der Waals surface area (Å²) in [7, 11) is 0. The molecule has 2 aromatic rings. The zero-order chi connectivity index (χ0) is 14.0. The average molecular weight is 261 g/mol. The molecule has 0 spiro atoms. The van der Waals surface area contributed by atoms with Crippen LogP contribution in [0.5, 0.6) is 0 Å². The van der Waals surface area contributed by atoms with Crippen LogP contribution in [0, 0.1) is 17.0 Å². The van der Waals surface area contributed by atoms with Gasteiger partial charge in [-0.2, -0.15) is 0 Å². The Balaban J connectivity index is 2.51. The molecule has 0 unspecified atom stereocenters. The van der Waals surface area contributed by atoms with Crippen LogP contribution in [0.1, 0.15) is 18.3 Å². The fraction of sp³-hybridized carbons (Fsp3) is 0.182. The minimum Gasteiger partial charge on any atom is -0.411 e. The van der Waals surface area contributed by atoms with E-state index in [2.05, 4.69) is 15.5 Å². The smallest absolute Gasteiger partial charge is 0.271 e. The molecule has 0 saturated heterocycles. The lowest BCUT2D eigenvalue weighted by Crippen LogP contribution is -2.02. The van der Waals surface area contributed by atoms with Crippen LogP contribution >= 0.6 is 0 Å². The number of hydrogen-bond donors (Lipinski definition) is 1. The highest BCUT2D eigenvalue weighted by Gasteiger charge is 2.14. The SMILES string of the molecule is C/C(=N\O)c1nnn(-c2cccc([N+](=O)[O-])c2)c1C. The summed E-state index contributed by atoms with van der Waals surface area (Å²) in [5.74, 6) is 0. The van der Waals surface area contributed by atoms with Gasteiger partial charge in [-0.15, -0.1) is 5.10 Å². The fourth-order valence-electron chi connectivity index (χ4n) is 1.69. The Bertz CT molecular complexity index is 662. The van der Waals surface area contributed by atoms with Gasteiger partial charge in [-0.25, -0.2) is 4.68 Å². The molecule has 0 saturated carbocycles. The van der Waals surface area contributed by atoms with Gasteiger partial charge < -0.3 is 5.21 Å². The second-order valence-corrected chi connectivity index (χ2v) is 3.90. The third-order valence-electron chi connectivity index (χ3n) is 2.67. The maximum absolute atomic E-state index is 10.7. The van der Waals surface area contributed by atoms with E-state index in [9.17, 15) is 10.1 Å². The molecular weight excluding hydrogens is 250 g/mol. The topological polar surface area (TPSA) is 106 Å². The fourth-order valence-corrected chi connectivity index (χ4v) is 1.69.